The van der Waals surface area contributed by atoms with Gasteiger partial charge < -0.3 is 8.59 Å². The molecule has 0 saturated carbocycles. The summed E-state index contributed by atoms with van der Waals surface area (Å²) in [7, 11) is 0. The van der Waals surface area contributed by atoms with Crippen molar-refractivity contribution in [1.82, 2.24) is 0 Å². The first kappa shape index (κ1) is 17.2. The smallest absolute Gasteiger partial charge is 0 e. The van der Waals surface area contributed by atoms with Crippen molar-refractivity contribution >= 4 is 0 Å². The number of hydrogen-bond donors (Lipinski definition) is 0. The molecule has 0 unspecified atom stereocenters. The van der Waals surface area contributed by atoms with Gasteiger partial charge in [0.25, 0.3) is 0 Å². The topological polar surface area (TPSA) is 23.8 Å². The van der Waals surface area contributed by atoms with Crippen LogP contribution in [0.15, 0.2) is 0 Å². The van der Waals surface area contributed by atoms with Gasteiger partial charge in [-0.05, 0) is 0 Å². The molecule has 0 aliphatic rings. The molecule has 0 aromatic rings. The van der Waals surface area contributed by atoms with Crippen molar-refractivity contribution in [2.45, 2.75) is 71.1 Å². The van der Waals surface area contributed by atoms with Crippen LogP contribution in [0, 0.1) is 0 Å². The van der Waals surface area contributed by atoms with Crippen molar-refractivity contribution in [3.63, 3.8) is 0 Å². The van der Waals surface area contributed by atoms with Gasteiger partial charge in [0.1, 0.15) is 0 Å². The summed E-state index contributed by atoms with van der Waals surface area (Å²) in [6.45, 7) is 2.89. The van der Waals surface area contributed by atoms with E-state index in [0.717, 1.165) is 6.42 Å². The molecule has 2 heteroatoms. The minimum Gasteiger partial charge on any atom is -1.00 e. The van der Waals surface area contributed by atoms with Gasteiger partial charge in [0.2, 0.25) is 0 Å². The third-order valence-electron chi connectivity index (χ3n) is 2.53. The van der Waals surface area contributed by atoms with Gasteiger partial charge in [-0.1, -0.05) is 71.1 Å². The van der Waals surface area contributed by atoms with Crippen molar-refractivity contribution < 1.29 is 28.7 Å². The maximum absolute atomic E-state index is 7.00. The predicted octanol–water partition coefficient (Wildman–Crippen LogP) is 5.18. The van der Waals surface area contributed by atoms with E-state index < -0.39 is 0 Å². The van der Waals surface area contributed by atoms with Crippen LogP contribution >= 0.6 is 0 Å². The quantitative estimate of drug-likeness (QED) is 0.376. The normalized spacial score (nSPS) is 9.86. The van der Waals surface area contributed by atoms with Gasteiger partial charge in [-0.15, -0.1) is 0 Å². The second kappa shape index (κ2) is 16.3. The Labute approximate surface area is 112 Å². The molecule has 0 aromatic heterocycles. The molecule has 0 aliphatic carbocycles. The molecule has 0 spiro atoms. The summed E-state index contributed by atoms with van der Waals surface area (Å²) in [6, 6.07) is 0. The molecular formula is C12H28HfN-3. The van der Waals surface area contributed by atoms with Gasteiger partial charge in [-0.25, -0.2) is 0 Å². The zero-order valence-corrected chi connectivity index (χ0v) is 13.4. The van der Waals surface area contributed by atoms with Crippen molar-refractivity contribution in [3.05, 3.63) is 5.73 Å². The monoisotopic (exact) mass is 366 g/mol. The third kappa shape index (κ3) is 15.3. The van der Waals surface area contributed by atoms with E-state index in [1.165, 1.54) is 57.8 Å². The van der Waals surface area contributed by atoms with Crippen LogP contribution in [0.25, 0.3) is 5.73 Å². The summed E-state index contributed by atoms with van der Waals surface area (Å²) >= 11 is 0. The van der Waals surface area contributed by atoms with Crippen LogP contribution in [-0.4, -0.2) is 6.54 Å². The standard InChI is InChI=1S/C12H26N.Hf.2H/c1-2-3-4-5-6-7-8-9-10-11-12-13;;;/h13H,2-12H2,1H3;;;/q-1;;2*-1. The van der Waals surface area contributed by atoms with E-state index in [1.807, 2.05) is 0 Å². The van der Waals surface area contributed by atoms with Crippen LogP contribution in [0.1, 0.15) is 74.0 Å². The average molecular weight is 365 g/mol. The Morgan fingerprint density at radius 2 is 1.07 bits per heavy atom. The summed E-state index contributed by atoms with van der Waals surface area (Å²) in [5.74, 6) is 0. The average Bonchev–Trinajstić information content (AvgIpc) is 2.16. The minimum atomic E-state index is 0. The Balaban J connectivity index is -0.000000240. The molecule has 14 heavy (non-hydrogen) atoms. The first-order valence-electron chi connectivity index (χ1n) is 6.06. The number of unbranched alkanes of at least 4 members (excludes halogenated alkanes) is 9. The zero-order valence-electron chi connectivity index (χ0n) is 11.8. The fraction of sp³-hybridized carbons (Fsp3) is 1.00. The summed E-state index contributed by atoms with van der Waals surface area (Å²) < 4.78 is 0. The SMILES string of the molecule is CCCCCCCCCCCC[NH-].[H-].[H-].[Hf]. The van der Waals surface area contributed by atoms with Crippen molar-refractivity contribution in [2.24, 2.45) is 0 Å². The largest absolute Gasteiger partial charge is 1.00 e. The van der Waals surface area contributed by atoms with Crippen LogP contribution in [0.2, 0.25) is 0 Å². The van der Waals surface area contributed by atoms with E-state index in [9.17, 15) is 0 Å². The molecule has 0 saturated heterocycles. The van der Waals surface area contributed by atoms with Gasteiger partial charge in [-0.3, -0.25) is 0 Å². The van der Waals surface area contributed by atoms with E-state index in [0.29, 0.717) is 6.54 Å². The van der Waals surface area contributed by atoms with Gasteiger partial charge in [0.05, 0.1) is 0 Å². The Hall–Kier alpha value is 0.830. The molecule has 0 heterocycles. The van der Waals surface area contributed by atoms with Crippen molar-refractivity contribution in [3.8, 4) is 0 Å². The van der Waals surface area contributed by atoms with Crippen molar-refractivity contribution in [1.29, 1.82) is 0 Å². The Kier molecular flexibility index (Phi) is 20.0. The fourth-order valence-corrected chi connectivity index (χ4v) is 1.61. The summed E-state index contributed by atoms with van der Waals surface area (Å²) in [6.07, 6.45) is 13.6. The van der Waals surface area contributed by atoms with Gasteiger partial charge in [-0.2, -0.15) is 6.54 Å². The molecule has 0 aliphatic heterocycles. The predicted molar refractivity (Wildman–Crippen MR) is 63.3 cm³/mol. The molecule has 0 bridgehead atoms. The first-order chi connectivity index (χ1) is 6.41. The summed E-state index contributed by atoms with van der Waals surface area (Å²) in [5, 5.41) is 0. The van der Waals surface area contributed by atoms with E-state index in [4.69, 9.17) is 5.73 Å². The second-order valence-corrected chi connectivity index (χ2v) is 3.93. The van der Waals surface area contributed by atoms with Gasteiger partial charge in [0.15, 0.2) is 0 Å². The molecule has 88 valence electrons. The molecule has 1 nitrogen and oxygen atoms in total. The van der Waals surface area contributed by atoms with Gasteiger partial charge in [0, 0.05) is 25.8 Å². The summed E-state index contributed by atoms with van der Waals surface area (Å²) in [5.41, 5.74) is 7.00. The molecule has 0 atom stereocenters. The number of rotatable bonds is 10. The Morgan fingerprint density at radius 1 is 0.714 bits per heavy atom. The molecule has 0 aromatic carbocycles. The molecular weight excluding hydrogens is 337 g/mol. The molecule has 0 fully saturated rings. The van der Waals surface area contributed by atoms with Crippen LogP contribution in [0.3, 0.4) is 0 Å². The molecule has 1 N–H and O–H groups in total. The Morgan fingerprint density at radius 3 is 1.43 bits per heavy atom. The maximum Gasteiger partial charge on any atom is 0 e. The van der Waals surface area contributed by atoms with E-state index >= 15 is 0 Å². The van der Waals surface area contributed by atoms with E-state index in [-0.39, 0.29) is 28.7 Å². The van der Waals surface area contributed by atoms with Crippen LogP contribution in [-0.2, 0) is 25.8 Å². The van der Waals surface area contributed by atoms with E-state index in [1.54, 1.807) is 0 Å². The second-order valence-electron chi connectivity index (χ2n) is 3.93. The molecule has 0 radical (unpaired) electrons. The number of hydrogen-bond acceptors (Lipinski definition) is 0. The van der Waals surface area contributed by atoms with E-state index in [2.05, 4.69) is 6.92 Å². The first-order valence-corrected chi connectivity index (χ1v) is 6.06. The van der Waals surface area contributed by atoms with Crippen LogP contribution in [0.5, 0.6) is 0 Å². The molecule has 0 rings (SSSR count). The molecule has 0 amide bonds. The third-order valence-corrected chi connectivity index (χ3v) is 2.53. The number of nitrogens with one attached hydrogen (secondary N) is 1. The Bertz CT molecular complexity index is 85.1. The fourth-order valence-electron chi connectivity index (χ4n) is 1.61. The summed E-state index contributed by atoms with van der Waals surface area (Å²) in [4.78, 5) is 0. The minimum absolute atomic E-state index is 0. The van der Waals surface area contributed by atoms with Crippen LogP contribution in [0.4, 0.5) is 0 Å². The van der Waals surface area contributed by atoms with Crippen LogP contribution < -0.4 is 0 Å². The van der Waals surface area contributed by atoms with Gasteiger partial charge >= 0.3 is 0 Å². The van der Waals surface area contributed by atoms with Crippen molar-refractivity contribution in [2.75, 3.05) is 6.54 Å². The zero-order chi connectivity index (χ0) is 9.78. The maximum atomic E-state index is 7.00.